The normalized spacial score (nSPS) is 18.1. The van der Waals surface area contributed by atoms with Crippen LogP contribution in [0.4, 0.5) is 0 Å². The average molecular weight is 579 g/mol. The predicted octanol–water partition coefficient (Wildman–Crippen LogP) is 8.34. The summed E-state index contributed by atoms with van der Waals surface area (Å²) in [6, 6.07) is 15.1. The minimum atomic E-state index is -1.59. The van der Waals surface area contributed by atoms with Gasteiger partial charge in [0.05, 0.1) is 25.2 Å². The second-order valence-corrected chi connectivity index (χ2v) is 10.7. The van der Waals surface area contributed by atoms with Gasteiger partial charge in [-0.3, -0.25) is 0 Å². The van der Waals surface area contributed by atoms with E-state index in [1.807, 2.05) is 43.3 Å². The number of methoxy groups -OCH3 is 2. The molecule has 0 aromatic heterocycles. The van der Waals surface area contributed by atoms with Crippen molar-refractivity contribution in [1.29, 1.82) is 0 Å². The lowest BCUT2D eigenvalue weighted by Crippen LogP contribution is -2.48. The van der Waals surface area contributed by atoms with Crippen molar-refractivity contribution >= 4 is 11.9 Å². The molecule has 0 radical (unpaired) electrons. The summed E-state index contributed by atoms with van der Waals surface area (Å²) in [5.74, 6) is -1.02. The Balaban J connectivity index is 1.57. The van der Waals surface area contributed by atoms with Gasteiger partial charge in [-0.1, -0.05) is 89.5 Å². The Morgan fingerprint density at radius 3 is 1.95 bits per heavy atom. The highest BCUT2D eigenvalue weighted by molar-refractivity contribution is 5.91. The molecule has 1 aliphatic carbocycles. The summed E-state index contributed by atoms with van der Waals surface area (Å²) >= 11 is 0. The van der Waals surface area contributed by atoms with Crippen molar-refractivity contribution in [2.24, 2.45) is 5.92 Å². The molecule has 0 saturated heterocycles. The van der Waals surface area contributed by atoms with Gasteiger partial charge in [0, 0.05) is 7.11 Å². The Morgan fingerprint density at radius 2 is 1.40 bits per heavy atom. The van der Waals surface area contributed by atoms with E-state index < -0.39 is 23.5 Å². The smallest absolute Gasteiger partial charge is 0.343 e. The molecular formula is C35H46O7. The van der Waals surface area contributed by atoms with Crippen molar-refractivity contribution in [3.63, 3.8) is 0 Å². The fourth-order valence-electron chi connectivity index (χ4n) is 5.37. The molecule has 7 heteroatoms. The van der Waals surface area contributed by atoms with Gasteiger partial charge in [-0.05, 0) is 60.4 Å². The van der Waals surface area contributed by atoms with Gasteiger partial charge in [-0.2, -0.15) is 0 Å². The zero-order valence-electron chi connectivity index (χ0n) is 25.5. The van der Waals surface area contributed by atoms with E-state index in [1.165, 1.54) is 71.3 Å². The first-order valence-electron chi connectivity index (χ1n) is 15.2. The number of benzene rings is 2. The summed E-state index contributed by atoms with van der Waals surface area (Å²) in [7, 11) is 2.79. The first kappa shape index (κ1) is 32.9. The summed E-state index contributed by atoms with van der Waals surface area (Å²) in [6.07, 6.45) is 14.2. The van der Waals surface area contributed by atoms with E-state index in [1.54, 1.807) is 12.1 Å². The standard InChI is InChI=1S/C35H46O7/c1-5-7-8-9-10-11-12-13-25-41-29-21-19-27(20-22-29)26-15-17-28(18-16-26)33(36)42-31-23-24-35(40-4,34(37)38)30(14-6-2)32(31)39-3/h15-24,30H,5-14,25H2,1-4H3,(H,37,38). The molecule has 2 aromatic rings. The van der Waals surface area contributed by atoms with E-state index in [0.717, 1.165) is 29.9 Å². The minimum absolute atomic E-state index is 0.182. The Hall–Kier alpha value is -3.58. The van der Waals surface area contributed by atoms with Crippen LogP contribution >= 0.6 is 0 Å². The summed E-state index contributed by atoms with van der Waals surface area (Å²) in [6.45, 7) is 4.91. The number of carboxylic acid groups (broad SMARTS) is 1. The summed E-state index contributed by atoms with van der Waals surface area (Å²) in [4.78, 5) is 25.1. The highest BCUT2D eigenvalue weighted by Gasteiger charge is 2.49. The van der Waals surface area contributed by atoms with Crippen molar-refractivity contribution in [2.75, 3.05) is 20.8 Å². The molecule has 3 rings (SSSR count). The summed E-state index contributed by atoms with van der Waals surface area (Å²) in [5.41, 5.74) is 0.757. The first-order valence-corrected chi connectivity index (χ1v) is 15.2. The van der Waals surface area contributed by atoms with Crippen molar-refractivity contribution in [3.05, 3.63) is 77.8 Å². The summed E-state index contributed by atoms with van der Waals surface area (Å²) < 4.78 is 22.6. The maximum absolute atomic E-state index is 13.0. The molecule has 0 amide bonds. The van der Waals surface area contributed by atoms with Crippen LogP contribution in [0, 0.1) is 5.92 Å². The SMILES string of the molecule is CCCCCCCCCCOc1ccc(-c2ccc(C(=O)OC3=C(OC)C(CCC)C(OC)(C(=O)O)C=C3)cc2)cc1. The number of carbonyl (C=O) groups is 2. The number of aliphatic carboxylic acids is 1. The number of unbranched alkanes of at least 4 members (excludes halogenated alkanes) is 7. The molecule has 42 heavy (non-hydrogen) atoms. The largest absolute Gasteiger partial charge is 0.497 e. The quantitative estimate of drug-likeness (QED) is 0.140. The van der Waals surface area contributed by atoms with E-state index in [0.29, 0.717) is 18.4 Å². The Morgan fingerprint density at radius 1 is 0.810 bits per heavy atom. The zero-order chi connectivity index (χ0) is 30.4. The Kier molecular flexibility index (Phi) is 13.1. The first-order chi connectivity index (χ1) is 20.4. The van der Waals surface area contributed by atoms with E-state index in [4.69, 9.17) is 18.9 Å². The maximum atomic E-state index is 13.0. The van der Waals surface area contributed by atoms with Gasteiger partial charge in [0.1, 0.15) is 11.5 Å². The fraction of sp³-hybridized carbons (Fsp3) is 0.486. The summed E-state index contributed by atoms with van der Waals surface area (Å²) in [5, 5.41) is 9.91. The van der Waals surface area contributed by atoms with Crippen LogP contribution in [0.5, 0.6) is 5.75 Å². The minimum Gasteiger partial charge on any atom is -0.497 e. The molecular weight excluding hydrogens is 532 g/mol. The van der Waals surface area contributed by atoms with Crippen LogP contribution < -0.4 is 4.74 Å². The van der Waals surface area contributed by atoms with Crippen molar-refractivity contribution in [2.45, 2.75) is 83.7 Å². The number of allylic oxidation sites excluding steroid dienone is 1. The number of hydrogen-bond acceptors (Lipinski definition) is 6. The molecule has 1 aliphatic rings. The van der Waals surface area contributed by atoms with Gasteiger partial charge in [0.2, 0.25) is 0 Å². The van der Waals surface area contributed by atoms with E-state index in [9.17, 15) is 14.7 Å². The van der Waals surface area contributed by atoms with Crippen LogP contribution in [-0.2, 0) is 19.0 Å². The van der Waals surface area contributed by atoms with Crippen LogP contribution in [0.15, 0.2) is 72.2 Å². The second kappa shape index (κ2) is 16.8. The number of carboxylic acids is 1. The van der Waals surface area contributed by atoms with E-state index >= 15 is 0 Å². The number of esters is 1. The van der Waals surface area contributed by atoms with Crippen molar-refractivity contribution in [3.8, 4) is 16.9 Å². The maximum Gasteiger partial charge on any atom is 0.343 e. The molecule has 0 fully saturated rings. The lowest BCUT2D eigenvalue weighted by molar-refractivity contribution is -0.163. The molecule has 0 aliphatic heterocycles. The van der Waals surface area contributed by atoms with Crippen LogP contribution in [0.25, 0.3) is 11.1 Å². The molecule has 2 unspecified atom stereocenters. The van der Waals surface area contributed by atoms with Gasteiger partial charge in [0.15, 0.2) is 11.4 Å². The van der Waals surface area contributed by atoms with Gasteiger partial charge in [0.25, 0.3) is 0 Å². The average Bonchev–Trinajstić information content (AvgIpc) is 3.01. The molecule has 0 saturated carbocycles. The van der Waals surface area contributed by atoms with Crippen LogP contribution in [-0.4, -0.2) is 43.5 Å². The number of rotatable bonds is 18. The van der Waals surface area contributed by atoms with Gasteiger partial charge in [-0.15, -0.1) is 0 Å². The molecule has 2 aromatic carbocycles. The topological polar surface area (TPSA) is 91.3 Å². The molecule has 0 heterocycles. The van der Waals surface area contributed by atoms with Gasteiger partial charge < -0.3 is 24.1 Å². The highest BCUT2D eigenvalue weighted by atomic mass is 16.6. The molecule has 1 N–H and O–H groups in total. The molecule has 2 atom stereocenters. The third kappa shape index (κ3) is 8.48. The highest BCUT2D eigenvalue weighted by Crippen LogP contribution is 2.40. The third-order valence-electron chi connectivity index (χ3n) is 7.81. The Bertz CT molecular complexity index is 1200. The van der Waals surface area contributed by atoms with E-state index in [-0.39, 0.29) is 11.5 Å². The van der Waals surface area contributed by atoms with Crippen LogP contribution in [0.3, 0.4) is 0 Å². The lowest BCUT2D eigenvalue weighted by Gasteiger charge is -2.37. The number of ether oxygens (including phenoxy) is 4. The molecule has 0 spiro atoms. The molecule has 228 valence electrons. The Labute approximate surface area is 250 Å². The monoisotopic (exact) mass is 578 g/mol. The van der Waals surface area contributed by atoms with Crippen molar-refractivity contribution < 1.29 is 33.6 Å². The zero-order valence-corrected chi connectivity index (χ0v) is 25.5. The number of carbonyl (C=O) groups excluding carboxylic acids is 1. The van der Waals surface area contributed by atoms with Gasteiger partial charge >= 0.3 is 11.9 Å². The molecule has 7 nitrogen and oxygen atoms in total. The van der Waals surface area contributed by atoms with Gasteiger partial charge in [-0.25, -0.2) is 9.59 Å². The van der Waals surface area contributed by atoms with E-state index in [2.05, 4.69) is 6.92 Å². The van der Waals surface area contributed by atoms with Crippen molar-refractivity contribution in [1.82, 2.24) is 0 Å². The lowest BCUT2D eigenvalue weighted by atomic mass is 9.78. The predicted molar refractivity (Wildman–Crippen MR) is 164 cm³/mol. The van der Waals surface area contributed by atoms with Crippen LogP contribution in [0.2, 0.25) is 0 Å². The second-order valence-electron chi connectivity index (χ2n) is 10.7. The number of hydrogen-bond donors (Lipinski definition) is 1. The fourth-order valence-corrected chi connectivity index (χ4v) is 5.37. The molecule has 0 bridgehead atoms. The third-order valence-corrected chi connectivity index (χ3v) is 7.81. The van der Waals surface area contributed by atoms with Crippen LogP contribution in [0.1, 0.15) is 88.4 Å².